The summed E-state index contributed by atoms with van der Waals surface area (Å²) in [4.78, 5) is 24.1. The third kappa shape index (κ3) is 6.11. The largest absolute Gasteiger partial charge is 0.480 e. The summed E-state index contributed by atoms with van der Waals surface area (Å²) in [5, 5.41) is 7.47. The molecular formula is C29H32N6O4. The van der Waals surface area contributed by atoms with Crippen LogP contribution >= 0.6 is 0 Å². The van der Waals surface area contributed by atoms with Crippen molar-refractivity contribution >= 4 is 17.7 Å². The number of aromatic nitrogens is 4. The Morgan fingerprint density at radius 3 is 2.49 bits per heavy atom. The quantitative estimate of drug-likeness (QED) is 0.362. The summed E-state index contributed by atoms with van der Waals surface area (Å²) in [6.07, 6.45) is 2.86. The molecule has 10 nitrogen and oxygen atoms in total. The van der Waals surface area contributed by atoms with E-state index in [0.29, 0.717) is 36.5 Å². The molecule has 0 fully saturated rings. The number of carbonyl (C=O) groups is 1. The van der Waals surface area contributed by atoms with Gasteiger partial charge >= 0.3 is 6.09 Å². The fourth-order valence-electron chi connectivity index (χ4n) is 4.29. The molecule has 202 valence electrons. The van der Waals surface area contributed by atoms with Crippen LogP contribution in [0.1, 0.15) is 38.0 Å². The molecule has 1 N–H and O–H groups in total. The first-order valence-corrected chi connectivity index (χ1v) is 12.7. The number of hydrogen-bond donors (Lipinski definition) is 1. The van der Waals surface area contributed by atoms with Crippen LogP contribution in [-0.2, 0) is 18.3 Å². The maximum atomic E-state index is 13.0. The Balaban J connectivity index is 1.43. The summed E-state index contributed by atoms with van der Waals surface area (Å²) in [5.41, 5.74) is 2.86. The van der Waals surface area contributed by atoms with Gasteiger partial charge in [0.15, 0.2) is 0 Å². The number of hydrogen-bond acceptors (Lipinski definition) is 8. The van der Waals surface area contributed by atoms with Crippen molar-refractivity contribution in [3.8, 4) is 22.9 Å². The number of nitrogens with one attached hydrogen (secondary N) is 1. The lowest BCUT2D eigenvalue weighted by Gasteiger charge is -2.28. The van der Waals surface area contributed by atoms with Gasteiger partial charge in [0.05, 0.1) is 26.4 Å². The van der Waals surface area contributed by atoms with Gasteiger partial charge in [-0.15, -0.1) is 0 Å². The maximum Gasteiger partial charge on any atom is 0.410 e. The number of methoxy groups -OCH3 is 1. The number of ether oxygens (including phenoxy) is 3. The number of aryl methyl sites for hydroxylation is 1. The lowest BCUT2D eigenvalue weighted by atomic mass is 10.1. The minimum atomic E-state index is -0.609. The summed E-state index contributed by atoms with van der Waals surface area (Å²) in [5.74, 6) is 2.03. The first-order chi connectivity index (χ1) is 18.7. The number of rotatable bonds is 5. The van der Waals surface area contributed by atoms with Crippen molar-refractivity contribution in [3.63, 3.8) is 0 Å². The van der Waals surface area contributed by atoms with Crippen LogP contribution < -0.4 is 14.8 Å². The average molecular weight is 529 g/mol. The number of pyridine rings is 2. The molecular weight excluding hydrogens is 496 g/mol. The Bertz CT molecular complexity index is 1460. The molecule has 1 aliphatic heterocycles. The van der Waals surface area contributed by atoms with Gasteiger partial charge in [-0.1, -0.05) is 30.3 Å². The standard InChI is InChI=1S/C29H32N6O4/c1-29(2,3)39-28(36)35-17-20-11-13-24(32-26(20)38-23(18-35)19-9-7-6-8-10-19)31-25-14-12-22(27(33-25)37-5)21-15-30-34(4)16-21/h6-16,23H,17-18H2,1-5H3,(H,31,32,33)/t23-/m0/s1. The monoisotopic (exact) mass is 528 g/mol. The van der Waals surface area contributed by atoms with Gasteiger partial charge in [-0.25, -0.2) is 4.79 Å². The van der Waals surface area contributed by atoms with E-state index in [1.807, 2.05) is 88.6 Å². The molecule has 0 aliphatic carbocycles. The molecule has 1 amide bonds. The zero-order chi connectivity index (χ0) is 27.6. The Labute approximate surface area is 227 Å². The summed E-state index contributed by atoms with van der Waals surface area (Å²) >= 11 is 0. The Hall–Kier alpha value is -4.60. The van der Waals surface area contributed by atoms with Crippen molar-refractivity contribution in [2.24, 2.45) is 7.05 Å². The molecule has 5 rings (SSSR count). The molecule has 1 atom stereocenters. The third-order valence-corrected chi connectivity index (χ3v) is 6.09. The van der Waals surface area contributed by atoms with Gasteiger partial charge in [-0.3, -0.25) is 9.58 Å². The molecule has 0 saturated carbocycles. The van der Waals surface area contributed by atoms with Crippen molar-refractivity contribution in [1.29, 1.82) is 0 Å². The fourth-order valence-corrected chi connectivity index (χ4v) is 4.29. The van der Waals surface area contributed by atoms with E-state index >= 15 is 0 Å². The van der Waals surface area contributed by atoms with E-state index in [2.05, 4.69) is 15.4 Å². The van der Waals surface area contributed by atoms with Crippen LogP contribution in [-0.4, -0.2) is 50.0 Å². The highest BCUT2D eigenvalue weighted by atomic mass is 16.6. The minimum Gasteiger partial charge on any atom is -0.480 e. The fraction of sp³-hybridized carbons (Fsp3) is 0.310. The molecule has 0 bridgehead atoms. The van der Waals surface area contributed by atoms with Crippen molar-refractivity contribution in [2.75, 3.05) is 19.0 Å². The van der Waals surface area contributed by atoms with E-state index in [4.69, 9.17) is 19.2 Å². The second kappa shape index (κ2) is 10.6. The number of benzene rings is 1. The first kappa shape index (κ1) is 26.0. The van der Waals surface area contributed by atoms with Crippen molar-refractivity contribution < 1.29 is 19.0 Å². The molecule has 10 heteroatoms. The zero-order valence-electron chi connectivity index (χ0n) is 22.7. The van der Waals surface area contributed by atoms with Crippen molar-refractivity contribution in [3.05, 3.63) is 78.1 Å². The Morgan fingerprint density at radius 1 is 1.05 bits per heavy atom. The number of carbonyl (C=O) groups excluding carboxylic acids is 1. The highest BCUT2D eigenvalue weighted by Crippen LogP contribution is 2.33. The van der Waals surface area contributed by atoms with Gasteiger partial charge in [0.25, 0.3) is 0 Å². The first-order valence-electron chi connectivity index (χ1n) is 12.7. The third-order valence-electron chi connectivity index (χ3n) is 6.09. The topological polar surface area (TPSA) is 104 Å². The second-order valence-corrected chi connectivity index (χ2v) is 10.3. The average Bonchev–Trinajstić information content (AvgIpc) is 3.24. The molecule has 0 spiro atoms. The molecule has 1 aliphatic rings. The molecule has 0 saturated heterocycles. The van der Waals surface area contributed by atoms with Crippen LogP contribution in [0.4, 0.5) is 16.4 Å². The summed E-state index contributed by atoms with van der Waals surface area (Å²) in [6, 6.07) is 17.3. The lowest BCUT2D eigenvalue weighted by Crippen LogP contribution is -2.38. The van der Waals surface area contributed by atoms with E-state index < -0.39 is 17.8 Å². The van der Waals surface area contributed by atoms with Gasteiger partial charge < -0.3 is 19.5 Å². The minimum absolute atomic E-state index is 0.312. The van der Waals surface area contributed by atoms with Crippen LogP contribution in [0, 0.1) is 0 Å². The van der Waals surface area contributed by atoms with Gasteiger partial charge in [0.2, 0.25) is 11.8 Å². The van der Waals surface area contributed by atoms with Crippen LogP contribution in [0.2, 0.25) is 0 Å². The van der Waals surface area contributed by atoms with E-state index in [-0.39, 0.29) is 0 Å². The van der Waals surface area contributed by atoms with Gasteiger partial charge in [-0.05, 0) is 50.6 Å². The number of anilines is 2. The van der Waals surface area contributed by atoms with Crippen LogP contribution in [0.5, 0.6) is 11.8 Å². The molecule has 39 heavy (non-hydrogen) atoms. The summed E-state index contributed by atoms with van der Waals surface area (Å²) in [7, 11) is 3.45. The molecule has 4 heterocycles. The molecule has 0 unspecified atom stereocenters. The van der Waals surface area contributed by atoms with Gasteiger partial charge in [-0.2, -0.15) is 15.1 Å². The number of fused-ring (bicyclic) bond motifs is 1. The molecule has 4 aromatic rings. The molecule has 1 aromatic carbocycles. The van der Waals surface area contributed by atoms with E-state index in [1.54, 1.807) is 22.9 Å². The van der Waals surface area contributed by atoms with Crippen LogP contribution in [0.3, 0.4) is 0 Å². The smallest absolute Gasteiger partial charge is 0.410 e. The Kier molecular flexibility index (Phi) is 7.10. The van der Waals surface area contributed by atoms with Gasteiger partial charge in [0, 0.05) is 29.9 Å². The van der Waals surface area contributed by atoms with Crippen LogP contribution in [0.15, 0.2) is 67.0 Å². The van der Waals surface area contributed by atoms with Crippen LogP contribution in [0.25, 0.3) is 11.1 Å². The normalized spacial score (nSPS) is 15.1. The summed E-state index contributed by atoms with van der Waals surface area (Å²) < 4.78 is 19.3. The van der Waals surface area contributed by atoms with E-state index in [0.717, 1.165) is 22.3 Å². The predicted molar refractivity (Wildman–Crippen MR) is 147 cm³/mol. The van der Waals surface area contributed by atoms with Crippen molar-refractivity contribution in [1.82, 2.24) is 24.6 Å². The van der Waals surface area contributed by atoms with E-state index in [9.17, 15) is 4.79 Å². The predicted octanol–water partition coefficient (Wildman–Crippen LogP) is 5.50. The van der Waals surface area contributed by atoms with E-state index in [1.165, 1.54) is 0 Å². The number of nitrogens with zero attached hydrogens (tertiary/aromatic N) is 5. The second-order valence-electron chi connectivity index (χ2n) is 10.3. The maximum absolute atomic E-state index is 13.0. The zero-order valence-corrected chi connectivity index (χ0v) is 22.7. The summed E-state index contributed by atoms with van der Waals surface area (Å²) in [6.45, 7) is 6.20. The molecule has 3 aromatic heterocycles. The van der Waals surface area contributed by atoms with Gasteiger partial charge in [0.1, 0.15) is 23.3 Å². The highest BCUT2D eigenvalue weighted by Gasteiger charge is 2.31. The highest BCUT2D eigenvalue weighted by molar-refractivity contribution is 5.70. The number of amides is 1. The van der Waals surface area contributed by atoms with Crippen molar-refractivity contribution in [2.45, 2.75) is 39.0 Å². The Morgan fingerprint density at radius 2 is 1.79 bits per heavy atom. The lowest BCUT2D eigenvalue weighted by molar-refractivity contribution is 0.0177. The SMILES string of the molecule is COc1nc(Nc2ccc3c(n2)O[C@H](c2ccccc2)CN(C(=O)OC(C)(C)C)C3)ccc1-c1cnn(C)c1. The molecule has 0 radical (unpaired) electrons.